The molecule has 0 aromatic carbocycles. The normalized spacial score (nSPS) is 9.96. The minimum Gasteiger partial charge on any atom is -0.270 e. The van der Waals surface area contributed by atoms with Crippen molar-refractivity contribution in [3.05, 3.63) is 49.3 Å². The zero-order valence-electron chi connectivity index (χ0n) is 15.5. The summed E-state index contributed by atoms with van der Waals surface area (Å²) in [4.78, 5) is 1.67. The third-order valence-electron chi connectivity index (χ3n) is 3.01. The van der Waals surface area contributed by atoms with Gasteiger partial charge >= 0.3 is 0 Å². The first-order chi connectivity index (χ1) is 11.4. The Morgan fingerprint density at radius 3 is 1.12 bits per heavy atom. The molecule has 0 N–H and O–H groups in total. The predicted octanol–water partition coefficient (Wildman–Crippen LogP) is 4.42. The molecule has 0 aliphatic heterocycles. The topological polar surface area (TPSA) is 66.3 Å². The summed E-state index contributed by atoms with van der Waals surface area (Å²) in [5.41, 5.74) is 0. The Labute approximate surface area is 151 Å². The second-order valence-corrected chi connectivity index (χ2v) is 6.10. The SMILES string of the molecule is C.CC(C)n1cccn1.CC(C)n1cccn1.CC(C)n1nccn1. The molecule has 7 heteroatoms. The zero-order valence-corrected chi connectivity index (χ0v) is 15.5. The Morgan fingerprint density at radius 2 is 0.960 bits per heavy atom. The van der Waals surface area contributed by atoms with Crippen molar-refractivity contribution in [1.29, 1.82) is 0 Å². The van der Waals surface area contributed by atoms with E-state index in [1.54, 1.807) is 29.6 Å². The van der Waals surface area contributed by atoms with Crippen LogP contribution in [-0.2, 0) is 0 Å². The lowest BCUT2D eigenvalue weighted by atomic mass is 10.4. The predicted molar refractivity (Wildman–Crippen MR) is 102 cm³/mol. The quantitative estimate of drug-likeness (QED) is 0.703. The van der Waals surface area contributed by atoms with Gasteiger partial charge in [0.25, 0.3) is 0 Å². The number of aromatic nitrogens is 7. The summed E-state index contributed by atoms with van der Waals surface area (Å²) in [5, 5.41) is 15.9. The second-order valence-electron chi connectivity index (χ2n) is 6.10. The van der Waals surface area contributed by atoms with E-state index in [9.17, 15) is 0 Å². The average molecular weight is 348 g/mol. The Bertz CT molecular complexity index is 518. The first kappa shape index (κ1) is 22.6. The molecule has 0 unspecified atom stereocenters. The molecule has 0 amide bonds. The van der Waals surface area contributed by atoms with E-state index in [1.165, 1.54) is 0 Å². The number of hydrogen-bond donors (Lipinski definition) is 0. The van der Waals surface area contributed by atoms with Crippen LogP contribution in [0.1, 0.15) is 67.1 Å². The Kier molecular flexibility index (Phi) is 10.8. The molecule has 7 nitrogen and oxygen atoms in total. The highest BCUT2D eigenvalue weighted by molar-refractivity contribution is 4.79. The molecule has 0 saturated heterocycles. The minimum absolute atomic E-state index is 0. The van der Waals surface area contributed by atoms with E-state index in [-0.39, 0.29) is 7.43 Å². The van der Waals surface area contributed by atoms with Crippen LogP contribution in [0.2, 0.25) is 0 Å². The number of hydrogen-bond acceptors (Lipinski definition) is 4. The summed E-state index contributed by atoms with van der Waals surface area (Å²) in [5.74, 6) is 0. The van der Waals surface area contributed by atoms with Gasteiger partial charge in [-0.1, -0.05) is 7.43 Å². The van der Waals surface area contributed by atoms with E-state index in [0.717, 1.165) is 0 Å². The molecule has 140 valence electrons. The molecule has 0 aliphatic rings. The van der Waals surface area contributed by atoms with Gasteiger partial charge in [0.1, 0.15) is 0 Å². The highest BCUT2D eigenvalue weighted by Crippen LogP contribution is 1.99. The van der Waals surface area contributed by atoms with Crippen LogP contribution in [0.4, 0.5) is 0 Å². The molecule has 0 atom stereocenters. The maximum atomic E-state index is 4.03. The lowest BCUT2D eigenvalue weighted by molar-refractivity contribution is 0.466. The van der Waals surface area contributed by atoms with Crippen molar-refractivity contribution in [1.82, 2.24) is 34.6 Å². The first-order valence-electron chi connectivity index (χ1n) is 8.25. The van der Waals surface area contributed by atoms with Gasteiger partial charge in [0.2, 0.25) is 0 Å². The Balaban J connectivity index is 0.000000339. The fourth-order valence-corrected chi connectivity index (χ4v) is 1.66. The number of rotatable bonds is 3. The third-order valence-corrected chi connectivity index (χ3v) is 3.01. The minimum atomic E-state index is 0. The molecule has 0 spiro atoms. The Morgan fingerprint density at radius 1 is 0.560 bits per heavy atom. The highest BCUT2D eigenvalue weighted by Gasteiger charge is 1.94. The van der Waals surface area contributed by atoms with Crippen LogP contribution >= 0.6 is 0 Å². The van der Waals surface area contributed by atoms with Crippen LogP contribution in [0.5, 0.6) is 0 Å². The third kappa shape index (κ3) is 8.83. The van der Waals surface area contributed by atoms with Gasteiger partial charge < -0.3 is 0 Å². The monoisotopic (exact) mass is 347 g/mol. The molecule has 0 aliphatic carbocycles. The van der Waals surface area contributed by atoms with Crippen LogP contribution in [0.25, 0.3) is 0 Å². The summed E-state index contributed by atoms with van der Waals surface area (Å²) >= 11 is 0. The van der Waals surface area contributed by atoms with E-state index >= 15 is 0 Å². The maximum Gasteiger partial charge on any atom is 0.0693 e. The van der Waals surface area contributed by atoms with Gasteiger partial charge in [-0.05, 0) is 53.7 Å². The van der Waals surface area contributed by atoms with Crippen molar-refractivity contribution < 1.29 is 0 Å². The molecular formula is C18H33N7. The molecular weight excluding hydrogens is 314 g/mol. The van der Waals surface area contributed by atoms with Gasteiger partial charge in [0, 0.05) is 36.9 Å². The zero-order chi connectivity index (χ0) is 17.9. The van der Waals surface area contributed by atoms with E-state index in [2.05, 4.69) is 48.1 Å². The summed E-state index contributed by atoms with van der Waals surface area (Å²) in [6.07, 6.45) is 10.9. The van der Waals surface area contributed by atoms with Crippen molar-refractivity contribution in [2.75, 3.05) is 0 Å². The molecule has 3 heterocycles. The van der Waals surface area contributed by atoms with E-state index < -0.39 is 0 Å². The Hall–Kier alpha value is -2.44. The van der Waals surface area contributed by atoms with Gasteiger partial charge in [0.05, 0.1) is 18.4 Å². The molecule has 0 bridgehead atoms. The van der Waals surface area contributed by atoms with Crippen LogP contribution in [-0.4, -0.2) is 34.6 Å². The maximum absolute atomic E-state index is 4.03. The van der Waals surface area contributed by atoms with E-state index in [1.807, 2.05) is 47.7 Å². The van der Waals surface area contributed by atoms with Crippen molar-refractivity contribution in [3.8, 4) is 0 Å². The van der Waals surface area contributed by atoms with Gasteiger partial charge in [-0.3, -0.25) is 9.36 Å². The van der Waals surface area contributed by atoms with Gasteiger partial charge in [-0.15, -0.1) is 0 Å². The summed E-state index contributed by atoms with van der Waals surface area (Å²) in [6, 6.07) is 5.22. The average Bonchev–Trinajstić information content (AvgIpc) is 3.29. The van der Waals surface area contributed by atoms with Crippen LogP contribution in [0.3, 0.4) is 0 Å². The smallest absolute Gasteiger partial charge is 0.0693 e. The molecule has 0 saturated carbocycles. The lowest BCUT2D eigenvalue weighted by Gasteiger charge is -2.01. The van der Waals surface area contributed by atoms with Gasteiger partial charge in [-0.2, -0.15) is 25.2 Å². The van der Waals surface area contributed by atoms with Crippen molar-refractivity contribution in [3.63, 3.8) is 0 Å². The molecule has 3 aromatic rings. The van der Waals surface area contributed by atoms with Crippen molar-refractivity contribution in [2.24, 2.45) is 0 Å². The molecule has 3 aromatic heterocycles. The van der Waals surface area contributed by atoms with Gasteiger partial charge in [0.15, 0.2) is 0 Å². The summed E-state index contributed by atoms with van der Waals surface area (Å²) in [6.45, 7) is 12.5. The van der Waals surface area contributed by atoms with Crippen molar-refractivity contribution >= 4 is 0 Å². The standard InChI is InChI=1S/2C6H10N2.C5H9N3.CH4/c2*1-6(2)8-5-3-4-7-8;1-5(2)8-6-3-4-7-8;/h2*3-6H,1-2H3;3-5H,1-2H3;1H4. The molecule has 3 rings (SSSR count). The fourth-order valence-electron chi connectivity index (χ4n) is 1.66. The molecule has 0 radical (unpaired) electrons. The molecule has 25 heavy (non-hydrogen) atoms. The second kappa shape index (κ2) is 12.0. The van der Waals surface area contributed by atoms with Crippen LogP contribution in [0.15, 0.2) is 49.3 Å². The first-order valence-corrected chi connectivity index (χ1v) is 8.25. The number of nitrogens with zero attached hydrogens (tertiary/aromatic N) is 7. The fraction of sp³-hybridized carbons (Fsp3) is 0.556. The lowest BCUT2D eigenvalue weighted by Crippen LogP contribution is -2.03. The largest absolute Gasteiger partial charge is 0.270 e. The van der Waals surface area contributed by atoms with Gasteiger partial charge in [-0.25, -0.2) is 0 Å². The molecule has 0 fully saturated rings. The summed E-state index contributed by atoms with van der Waals surface area (Å²) in [7, 11) is 0. The van der Waals surface area contributed by atoms with Crippen molar-refractivity contribution in [2.45, 2.75) is 67.1 Å². The van der Waals surface area contributed by atoms with Crippen LogP contribution < -0.4 is 0 Å². The highest BCUT2D eigenvalue weighted by atomic mass is 15.5. The van der Waals surface area contributed by atoms with E-state index in [4.69, 9.17) is 0 Å². The summed E-state index contributed by atoms with van der Waals surface area (Å²) < 4.78 is 3.83. The van der Waals surface area contributed by atoms with Crippen LogP contribution in [0, 0.1) is 0 Å². The van der Waals surface area contributed by atoms with E-state index in [0.29, 0.717) is 18.1 Å².